The highest BCUT2D eigenvalue weighted by molar-refractivity contribution is 5.57. The predicted octanol–water partition coefficient (Wildman–Crippen LogP) is 0.946. The average Bonchev–Trinajstić information content (AvgIpc) is 2.47. The Labute approximate surface area is 71.3 Å². The van der Waals surface area contributed by atoms with E-state index >= 15 is 0 Å². The molecule has 1 aromatic rings. The number of likely N-dealkylation sites (N-methyl/N-ethyl adjacent to an activating group) is 1. The fourth-order valence-electron chi connectivity index (χ4n) is 1.50. The van der Waals surface area contributed by atoms with Gasteiger partial charge in [-0.15, -0.1) is 0 Å². The van der Waals surface area contributed by atoms with Gasteiger partial charge in [-0.05, 0) is 18.1 Å². The van der Waals surface area contributed by atoms with Crippen molar-refractivity contribution in [3.63, 3.8) is 0 Å². The third-order valence-electron chi connectivity index (χ3n) is 2.21. The van der Waals surface area contributed by atoms with E-state index in [0.717, 1.165) is 18.7 Å². The van der Waals surface area contributed by atoms with Crippen molar-refractivity contribution >= 4 is 5.69 Å². The van der Waals surface area contributed by atoms with Crippen LogP contribution in [0.25, 0.3) is 0 Å². The molecule has 0 amide bonds. The summed E-state index contributed by atoms with van der Waals surface area (Å²) in [6, 6.07) is 3.92. The molecule has 60 valence electrons. The Morgan fingerprint density at radius 2 is 2.50 bits per heavy atom. The van der Waals surface area contributed by atoms with E-state index in [1.165, 1.54) is 5.56 Å². The zero-order valence-corrected chi connectivity index (χ0v) is 6.91. The van der Waals surface area contributed by atoms with Crippen LogP contribution < -0.4 is 4.90 Å². The molecule has 3 heteroatoms. The maximum absolute atomic E-state index is 8.61. The molecular weight excluding hydrogens is 150 g/mol. The number of pyridine rings is 1. The highest BCUT2D eigenvalue weighted by Gasteiger charge is 2.15. The Balaban J connectivity index is 2.50. The van der Waals surface area contributed by atoms with E-state index in [2.05, 4.69) is 9.88 Å². The molecule has 1 aromatic heterocycles. The first kappa shape index (κ1) is 7.11. The number of hydrogen-bond acceptors (Lipinski definition) is 3. The summed E-state index contributed by atoms with van der Waals surface area (Å²) in [7, 11) is 2.04. The van der Waals surface area contributed by atoms with Crippen LogP contribution in [0.3, 0.4) is 0 Å². The standard InChI is InChI=1S/C9H9N3/c1-12-3-2-7-4-8(5-10)11-6-9(7)12/h4,6H,2-3H2,1H3. The molecule has 1 aliphatic rings. The minimum atomic E-state index is 0.518. The largest absolute Gasteiger partial charge is 0.373 e. The third-order valence-corrected chi connectivity index (χ3v) is 2.21. The Morgan fingerprint density at radius 1 is 1.67 bits per heavy atom. The van der Waals surface area contributed by atoms with Crippen LogP contribution in [0.15, 0.2) is 12.3 Å². The van der Waals surface area contributed by atoms with Crippen LogP contribution in [-0.2, 0) is 6.42 Å². The molecule has 12 heavy (non-hydrogen) atoms. The summed E-state index contributed by atoms with van der Waals surface area (Å²) in [6.07, 6.45) is 2.81. The first-order chi connectivity index (χ1) is 5.81. The van der Waals surface area contributed by atoms with Crippen LogP contribution in [-0.4, -0.2) is 18.6 Å². The van der Waals surface area contributed by atoms with Crippen LogP contribution in [0.2, 0.25) is 0 Å². The van der Waals surface area contributed by atoms with Crippen molar-refractivity contribution < 1.29 is 0 Å². The fourth-order valence-corrected chi connectivity index (χ4v) is 1.50. The number of rotatable bonds is 0. The van der Waals surface area contributed by atoms with Gasteiger partial charge in [-0.2, -0.15) is 5.26 Å². The predicted molar refractivity (Wildman–Crippen MR) is 45.9 cm³/mol. The zero-order valence-electron chi connectivity index (χ0n) is 6.91. The lowest BCUT2D eigenvalue weighted by Gasteiger charge is -2.10. The first-order valence-electron chi connectivity index (χ1n) is 3.91. The molecule has 0 saturated heterocycles. The Morgan fingerprint density at radius 3 is 3.25 bits per heavy atom. The second kappa shape index (κ2) is 2.49. The van der Waals surface area contributed by atoms with Gasteiger partial charge in [0, 0.05) is 13.6 Å². The zero-order chi connectivity index (χ0) is 8.55. The molecule has 3 nitrogen and oxygen atoms in total. The number of nitrogens with zero attached hydrogens (tertiary/aromatic N) is 3. The number of aromatic nitrogens is 1. The minimum Gasteiger partial charge on any atom is -0.373 e. The van der Waals surface area contributed by atoms with E-state index in [4.69, 9.17) is 5.26 Å². The fraction of sp³-hybridized carbons (Fsp3) is 0.333. The van der Waals surface area contributed by atoms with Crippen LogP contribution in [0.1, 0.15) is 11.3 Å². The molecule has 2 rings (SSSR count). The third kappa shape index (κ3) is 0.928. The topological polar surface area (TPSA) is 39.9 Å². The average molecular weight is 159 g/mol. The van der Waals surface area contributed by atoms with Gasteiger partial charge in [0.2, 0.25) is 0 Å². The summed E-state index contributed by atoms with van der Waals surface area (Å²) in [5.74, 6) is 0. The molecule has 0 aromatic carbocycles. The number of anilines is 1. The monoisotopic (exact) mass is 159 g/mol. The molecule has 0 aliphatic carbocycles. The maximum Gasteiger partial charge on any atom is 0.140 e. The number of fused-ring (bicyclic) bond motifs is 1. The van der Waals surface area contributed by atoms with Crippen molar-refractivity contribution in [2.75, 3.05) is 18.5 Å². The molecule has 0 unspecified atom stereocenters. The van der Waals surface area contributed by atoms with Gasteiger partial charge in [0.05, 0.1) is 11.9 Å². The van der Waals surface area contributed by atoms with Gasteiger partial charge in [0.1, 0.15) is 11.8 Å². The number of hydrogen-bond donors (Lipinski definition) is 0. The van der Waals surface area contributed by atoms with Gasteiger partial charge in [0.25, 0.3) is 0 Å². The molecule has 0 N–H and O–H groups in total. The van der Waals surface area contributed by atoms with E-state index in [0.29, 0.717) is 5.69 Å². The van der Waals surface area contributed by atoms with Crippen molar-refractivity contribution in [1.82, 2.24) is 4.98 Å². The van der Waals surface area contributed by atoms with Gasteiger partial charge in [-0.1, -0.05) is 0 Å². The number of nitriles is 1. The summed E-state index contributed by atoms with van der Waals surface area (Å²) in [4.78, 5) is 6.17. The van der Waals surface area contributed by atoms with Crippen LogP contribution in [0, 0.1) is 11.3 Å². The summed E-state index contributed by atoms with van der Waals surface area (Å²) in [5, 5.41) is 8.61. The highest BCUT2D eigenvalue weighted by atomic mass is 15.1. The van der Waals surface area contributed by atoms with Crippen molar-refractivity contribution in [3.05, 3.63) is 23.5 Å². The normalized spacial score (nSPS) is 14.2. The molecular formula is C9H9N3. The molecule has 2 heterocycles. The van der Waals surface area contributed by atoms with E-state index in [9.17, 15) is 0 Å². The molecule has 0 spiro atoms. The SMILES string of the molecule is CN1CCc2cc(C#N)ncc21. The molecule has 0 radical (unpaired) electrons. The van der Waals surface area contributed by atoms with Crippen molar-refractivity contribution in [1.29, 1.82) is 5.26 Å². The van der Waals surface area contributed by atoms with E-state index < -0.39 is 0 Å². The van der Waals surface area contributed by atoms with Gasteiger partial charge in [-0.3, -0.25) is 0 Å². The first-order valence-corrected chi connectivity index (χ1v) is 3.91. The van der Waals surface area contributed by atoms with Gasteiger partial charge in [-0.25, -0.2) is 4.98 Å². The minimum absolute atomic E-state index is 0.518. The molecule has 0 atom stereocenters. The van der Waals surface area contributed by atoms with E-state index in [-0.39, 0.29) is 0 Å². The van der Waals surface area contributed by atoms with Crippen LogP contribution >= 0.6 is 0 Å². The Hall–Kier alpha value is -1.56. The summed E-state index contributed by atoms with van der Waals surface area (Å²) < 4.78 is 0. The van der Waals surface area contributed by atoms with Gasteiger partial charge >= 0.3 is 0 Å². The lowest BCUT2D eigenvalue weighted by Crippen LogP contribution is -2.12. The molecule has 0 saturated carbocycles. The lowest BCUT2D eigenvalue weighted by atomic mass is 10.2. The Kier molecular flexibility index (Phi) is 1.47. The molecule has 0 fully saturated rings. The Bertz CT molecular complexity index is 351. The van der Waals surface area contributed by atoms with Crippen LogP contribution in [0.4, 0.5) is 5.69 Å². The van der Waals surface area contributed by atoms with Crippen LogP contribution in [0.5, 0.6) is 0 Å². The van der Waals surface area contributed by atoms with E-state index in [1.54, 1.807) is 6.20 Å². The second-order valence-corrected chi connectivity index (χ2v) is 2.98. The molecule has 0 bridgehead atoms. The van der Waals surface area contributed by atoms with Crippen molar-refractivity contribution in [3.8, 4) is 6.07 Å². The summed E-state index contributed by atoms with van der Waals surface area (Å²) >= 11 is 0. The maximum atomic E-state index is 8.61. The molecule has 1 aliphatic heterocycles. The summed E-state index contributed by atoms with van der Waals surface area (Å²) in [6.45, 7) is 1.03. The van der Waals surface area contributed by atoms with Gasteiger partial charge < -0.3 is 4.90 Å². The summed E-state index contributed by atoms with van der Waals surface area (Å²) in [5.41, 5.74) is 2.92. The van der Waals surface area contributed by atoms with Crippen molar-refractivity contribution in [2.45, 2.75) is 6.42 Å². The second-order valence-electron chi connectivity index (χ2n) is 2.98. The smallest absolute Gasteiger partial charge is 0.140 e. The van der Waals surface area contributed by atoms with E-state index in [1.807, 2.05) is 19.2 Å². The van der Waals surface area contributed by atoms with Crippen molar-refractivity contribution in [2.24, 2.45) is 0 Å². The lowest BCUT2D eigenvalue weighted by molar-refractivity contribution is 0.955. The quantitative estimate of drug-likeness (QED) is 0.565. The van der Waals surface area contributed by atoms with Gasteiger partial charge in [0.15, 0.2) is 0 Å². The highest BCUT2D eigenvalue weighted by Crippen LogP contribution is 2.25.